The van der Waals surface area contributed by atoms with Gasteiger partial charge in [-0.05, 0) is 31.2 Å². The minimum absolute atomic E-state index is 0.150. The smallest absolute Gasteiger partial charge is 0.269 e. The summed E-state index contributed by atoms with van der Waals surface area (Å²) in [7, 11) is 0. The zero-order valence-electron chi connectivity index (χ0n) is 17.2. The summed E-state index contributed by atoms with van der Waals surface area (Å²) in [5, 5.41) is 3.99. The minimum Gasteiger partial charge on any atom is -0.269 e. The van der Waals surface area contributed by atoms with E-state index in [2.05, 4.69) is 15.1 Å². The van der Waals surface area contributed by atoms with Crippen LogP contribution in [0.4, 0.5) is 13.2 Å². The molecule has 0 radical (unpaired) electrons. The van der Waals surface area contributed by atoms with Crippen molar-refractivity contribution >= 4 is 39.9 Å². The molecule has 0 aliphatic heterocycles. The molecular formula is C23H16F3N3O2S2. The molecule has 1 amide bonds. The second-order valence-corrected chi connectivity index (χ2v) is 9.28. The fourth-order valence-corrected chi connectivity index (χ4v) is 5.44. The van der Waals surface area contributed by atoms with Crippen LogP contribution >= 0.6 is 23.1 Å². The summed E-state index contributed by atoms with van der Waals surface area (Å²) < 4.78 is 38.4. The Bertz CT molecular complexity index is 1340. The third-order valence-electron chi connectivity index (χ3n) is 4.89. The predicted octanol–water partition coefficient (Wildman–Crippen LogP) is 6.81. The Hall–Kier alpha value is -3.11. The van der Waals surface area contributed by atoms with Crippen molar-refractivity contribution in [1.82, 2.24) is 9.97 Å². The number of aryl methyl sites for hydroxylation is 1. The summed E-state index contributed by atoms with van der Waals surface area (Å²) in [4.78, 5) is 32.7. The molecular weight excluding hydrogens is 471 g/mol. The summed E-state index contributed by atoms with van der Waals surface area (Å²) >= 11 is 2.99. The van der Waals surface area contributed by atoms with Crippen molar-refractivity contribution in [3.63, 3.8) is 0 Å². The van der Waals surface area contributed by atoms with Crippen LogP contribution in [0.15, 0.2) is 64.7 Å². The maximum atomic E-state index is 12.8. The SMILES string of the molecule is Cc1nc(-c2ccc(C(F)(F)F)cc2)sc1CSc1cccc2ccc(CC(=O)N=O)nc12. The Morgan fingerprint density at radius 3 is 2.52 bits per heavy atom. The van der Waals surface area contributed by atoms with Gasteiger partial charge in [0.25, 0.3) is 5.91 Å². The number of amides is 1. The van der Waals surface area contributed by atoms with Crippen molar-refractivity contribution in [1.29, 1.82) is 0 Å². The van der Waals surface area contributed by atoms with Crippen molar-refractivity contribution < 1.29 is 18.0 Å². The molecule has 2 heterocycles. The van der Waals surface area contributed by atoms with Crippen molar-refractivity contribution in [3.8, 4) is 10.6 Å². The number of nitrogens with zero attached hydrogens (tertiary/aromatic N) is 3. The van der Waals surface area contributed by atoms with Gasteiger partial charge in [-0.3, -0.25) is 9.78 Å². The van der Waals surface area contributed by atoms with Crippen LogP contribution in [0, 0.1) is 11.8 Å². The predicted molar refractivity (Wildman–Crippen MR) is 123 cm³/mol. The lowest BCUT2D eigenvalue weighted by molar-refractivity contribution is -0.137. The zero-order valence-corrected chi connectivity index (χ0v) is 18.9. The van der Waals surface area contributed by atoms with E-state index in [0.717, 1.165) is 38.5 Å². The number of thiazole rings is 1. The molecule has 0 fully saturated rings. The molecule has 33 heavy (non-hydrogen) atoms. The monoisotopic (exact) mass is 487 g/mol. The number of fused-ring (bicyclic) bond motifs is 1. The number of hydrogen-bond acceptors (Lipinski definition) is 6. The fraction of sp³-hybridized carbons (Fsp3) is 0.174. The Labute approximate surface area is 195 Å². The van der Waals surface area contributed by atoms with E-state index in [0.29, 0.717) is 22.0 Å². The molecule has 4 rings (SSSR count). The number of carbonyl (C=O) groups is 1. The average Bonchev–Trinajstić information content (AvgIpc) is 3.17. The van der Waals surface area contributed by atoms with E-state index < -0.39 is 17.6 Å². The van der Waals surface area contributed by atoms with Gasteiger partial charge >= 0.3 is 6.18 Å². The number of carbonyl (C=O) groups excluding carboxylic acids is 1. The van der Waals surface area contributed by atoms with E-state index in [1.165, 1.54) is 23.5 Å². The lowest BCUT2D eigenvalue weighted by Gasteiger charge is -2.07. The van der Waals surface area contributed by atoms with E-state index in [4.69, 9.17) is 0 Å². The lowest BCUT2D eigenvalue weighted by atomic mass is 10.1. The first-order valence-corrected chi connectivity index (χ1v) is 11.6. The fourth-order valence-electron chi connectivity index (χ4n) is 3.19. The number of aromatic nitrogens is 2. The highest BCUT2D eigenvalue weighted by Gasteiger charge is 2.30. The van der Waals surface area contributed by atoms with Crippen LogP contribution in [-0.4, -0.2) is 15.9 Å². The van der Waals surface area contributed by atoms with Gasteiger partial charge in [-0.1, -0.05) is 30.3 Å². The molecule has 0 atom stereocenters. The molecule has 0 spiro atoms. The number of pyridine rings is 1. The van der Waals surface area contributed by atoms with Crippen LogP contribution in [0.3, 0.4) is 0 Å². The Kier molecular flexibility index (Phi) is 6.57. The Morgan fingerprint density at radius 2 is 1.82 bits per heavy atom. The second-order valence-electron chi connectivity index (χ2n) is 7.18. The van der Waals surface area contributed by atoms with Gasteiger partial charge in [0.2, 0.25) is 0 Å². The van der Waals surface area contributed by atoms with Gasteiger partial charge < -0.3 is 0 Å². The van der Waals surface area contributed by atoms with Gasteiger partial charge in [0.15, 0.2) is 0 Å². The first-order chi connectivity index (χ1) is 15.7. The summed E-state index contributed by atoms with van der Waals surface area (Å²) in [5.41, 5.74) is 1.96. The molecule has 0 saturated heterocycles. The van der Waals surface area contributed by atoms with E-state index in [1.807, 2.05) is 31.2 Å². The highest BCUT2D eigenvalue weighted by atomic mass is 32.2. The minimum atomic E-state index is -4.37. The summed E-state index contributed by atoms with van der Waals surface area (Å²) in [5.74, 6) is -0.174. The van der Waals surface area contributed by atoms with E-state index in [1.54, 1.807) is 17.8 Å². The molecule has 0 aliphatic rings. The molecule has 168 valence electrons. The van der Waals surface area contributed by atoms with Gasteiger partial charge in [0.05, 0.1) is 28.9 Å². The lowest BCUT2D eigenvalue weighted by Crippen LogP contribution is -2.03. The van der Waals surface area contributed by atoms with E-state index in [-0.39, 0.29) is 6.42 Å². The standard InChI is InChI=1S/C23H16F3N3O2S2/c1-13-19(33-22(27-13)15-5-8-16(9-6-15)23(24,25)26)12-32-18-4-2-3-14-7-10-17(28-21(14)18)11-20(30)29-31/h2-10H,11-12H2,1H3. The topological polar surface area (TPSA) is 72.3 Å². The van der Waals surface area contributed by atoms with Crippen LogP contribution < -0.4 is 0 Å². The number of hydrogen-bond donors (Lipinski definition) is 0. The van der Waals surface area contributed by atoms with E-state index in [9.17, 15) is 22.9 Å². The molecule has 0 aliphatic carbocycles. The number of nitroso groups, excluding NO2 is 1. The Morgan fingerprint density at radius 1 is 1.06 bits per heavy atom. The van der Waals surface area contributed by atoms with Crippen LogP contribution in [0.1, 0.15) is 21.8 Å². The highest BCUT2D eigenvalue weighted by molar-refractivity contribution is 7.98. The largest absolute Gasteiger partial charge is 0.416 e. The second kappa shape index (κ2) is 9.40. The highest BCUT2D eigenvalue weighted by Crippen LogP contribution is 2.36. The van der Waals surface area contributed by atoms with Gasteiger partial charge in [-0.15, -0.1) is 28.0 Å². The first kappa shape index (κ1) is 23.1. The average molecular weight is 488 g/mol. The van der Waals surface area contributed by atoms with Crippen LogP contribution in [0.2, 0.25) is 0 Å². The van der Waals surface area contributed by atoms with Crippen LogP contribution in [-0.2, 0) is 23.1 Å². The maximum Gasteiger partial charge on any atom is 0.416 e. The zero-order chi connectivity index (χ0) is 23.6. The van der Waals surface area contributed by atoms with Crippen molar-refractivity contribution in [3.05, 3.63) is 81.3 Å². The molecule has 2 aromatic carbocycles. The Balaban J connectivity index is 1.55. The number of halogens is 3. The van der Waals surface area contributed by atoms with Crippen LogP contribution in [0.5, 0.6) is 0 Å². The molecule has 0 unspecified atom stereocenters. The van der Waals surface area contributed by atoms with Crippen LogP contribution in [0.25, 0.3) is 21.5 Å². The first-order valence-electron chi connectivity index (χ1n) is 9.76. The third-order valence-corrected chi connectivity index (χ3v) is 7.35. The van der Waals surface area contributed by atoms with Gasteiger partial charge in [0, 0.05) is 31.7 Å². The number of rotatable bonds is 6. The number of alkyl halides is 3. The summed E-state index contributed by atoms with van der Waals surface area (Å²) in [6.07, 6.45) is -4.52. The van der Waals surface area contributed by atoms with Crippen molar-refractivity contribution in [2.75, 3.05) is 0 Å². The quantitative estimate of drug-likeness (QED) is 0.221. The van der Waals surface area contributed by atoms with E-state index >= 15 is 0 Å². The molecule has 4 aromatic rings. The maximum absolute atomic E-state index is 12.8. The number of thioether (sulfide) groups is 1. The molecule has 0 N–H and O–H groups in total. The summed E-state index contributed by atoms with van der Waals surface area (Å²) in [6.45, 7) is 1.87. The molecule has 0 bridgehead atoms. The third kappa shape index (κ3) is 5.28. The number of para-hydroxylation sites is 1. The molecule has 5 nitrogen and oxygen atoms in total. The van der Waals surface area contributed by atoms with Gasteiger partial charge in [0.1, 0.15) is 5.01 Å². The molecule has 10 heteroatoms. The van der Waals surface area contributed by atoms with Gasteiger partial charge in [-0.2, -0.15) is 13.2 Å². The van der Waals surface area contributed by atoms with Gasteiger partial charge in [-0.25, -0.2) is 4.98 Å². The molecule has 0 saturated carbocycles. The summed E-state index contributed by atoms with van der Waals surface area (Å²) in [6, 6.07) is 14.3. The van der Waals surface area contributed by atoms with Crippen molar-refractivity contribution in [2.45, 2.75) is 30.2 Å². The molecule has 2 aromatic heterocycles. The normalized spacial score (nSPS) is 11.6. The van der Waals surface area contributed by atoms with Crippen molar-refractivity contribution in [2.24, 2.45) is 5.18 Å². The number of benzene rings is 2.